The Morgan fingerprint density at radius 3 is 2.12 bits per heavy atom. The number of ether oxygens (including phenoxy) is 2. The third-order valence-electron chi connectivity index (χ3n) is 5.20. The maximum atomic E-state index is 13.4. The van der Waals surface area contributed by atoms with Crippen LogP contribution in [0.1, 0.15) is 71.3 Å². The number of rotatable bonds is 11. The lowest BCUT2D eigenvalue weighted by Gasteiger charge is -2.24. The SMILES string of the molecule is CC(C)(C)OC(=O)CC[C@H](NC(=O)c1ccc2ccccc2n1)C(=O)N[C@H](/C=C/S(C)(=O)=O)CC(=O)OC(C)(C)C. The lowest BCUT2D eigenvalue weighted by Crippen LogP contribution is -2.50. The van der Waals surface area contributed by atoms with Crippen LogP contribution in [0.5, 0.6) is 0 Å². The normalized spacial score (nSPS) is 13.8. The van der Waals surface area contributed by atoms with Gasteiger partial charge in [0.2, 0.25) is 5.91 Å². The molecule has 0 aliphatic carbocycles. The molecule has 0 spiro atoms. The molecule has 1 aromatic heterocycles. The summed E-state index contributed by atoms with van der Waals surface area (Å²) in [6, 6.07) is 8.13. The van der Waals surface area contributed by atoms with E-state index < -0.39 is 56.9 Å². The van der Waals surface area contributed by atoms with E-state index in [0.717, 1.165) is 23.1 Å². The number of hydrogen-bond donors (Lipinski definition) is 2. The zero-order chi connectivity index (χ0) is 31.0. The molecule has 224 valence electrons. The predicted octanol–water partition coefficient (Wildman–Crippen LogP) is 3.23. The van der Waals surface area contributed by atoms with Crippen LogP contribution in [-0.4, -0.2) is 66.7 Å². The van der Waals surface area contributed by atoms with E-state index in [9.17, 15) is 27.6 Å². The monoisotopic (exact) mass is 589 g/mol. The van der Waals surface area contributed by atoms with E-state index in [2.05, 4.69) is 15.6 Å². The Labute approximate surface area is 241 Å². The van der Waals surface area contributed by atoms with Crippen molar-refractivity contribution in [1.29, 1.82) is 0 Å². The first-order valence-electron chi connectivity index (χ1n) is 13.1. The lowest BCUT2D eigenvalue weighted by molar-refractivity contribution is -0.156. The second-order valence-corrected chi connectivity index (χ2v) is 13.5. The van der Waals surface area contributed by atoms with Gasteiger partial charge in [0.15, 0.2) is 9.84 Å². The number of fused-ring (bicyclic) bond motifs is 1. The van der Waals surface area contributed by atoms with Crippen molar-refractivity contribution in [2.45, 2.75) is 84.1 Å². The standard InChI is InChI=1S/C29H39N3O8S/c1-28(2,3)39-24(33)15-14-23(32-27(36)22-13-12-19-10-8-9-11-21(19)31-22)26(35)30-20(16-17-41(7,37)38)18-25(34)40-29(4,5)6/h8-13,16-17,20,23H,14-15,18H2,1-7H3,(H,30,35)(H,32,36)/b17-16+/t20-,23+/m1/s1. The predicted molar refractivity (Wildman–Crippen MR) is 154 cm³/mol. The summed E-state index contributed by atoms with van der Waals surface area (Å²) in [5.41, 5.74) is -0.912. The fourth-order valence-electron chi connectivity index (χ4n) is 3.60. The largest absolute Gasteiger partial charge is 0.460 e. The number of para-hydroxylation sites is 1. The van der Waals surface area contributed by atoms with Gasteiger partial charge in [0, 0.05) is 23.5 Å². The molecule has 12 heteroatoms. The van der Waals surface area contributed by atoms with Crippen molar-refractivity contribution in [3.8, 4) is 0 Å². The molecule has 2 aromatic rings. The van der Waals surface area contributed by atoms with Gasteiger partial charge in [-0.1, -0.05) is 30.3 Å². The molecule has 0 aliphatic rings. The molecule has 0 saturated heterocycles. The number of nitrogens with one attached hydrogen (secondary N) is 2. The summed E-state index contributed by atoms with van der Waals surface area (Å²) in [6.45, 7) is 10.1. The van der Waals surface area contributed by atoms with Gasteiger partial charge in [-0.25, -0.2) is 13.4 Å². The van der Waals surface area contributed by atoms with Crippen LogP contribution in [0.2, 0.25) is 0 Å². The molecule has 2 rings (SSSR count). The first-order valence-corrected chi connectivity index (χ1v) is 15.1. The van der Waals surface area contributed by atoms with E-state index in [1.54, 1.807) is 59.7 Å². The van der Waals surface area contributed by atoms with Crippen molar-refractivity contribution in [2.24, 2.45) is 0 Å². The number of amides is 2. The Balaban J connectivity index is 2.30. The van der Waals surface area contributed by atoms with Crippen LogP contribution in [0.25, 0.3) is 10.9 Å². The highest BCUT2D eigenvalue weighted by atomic mass is 32.2. The summed E-state index contributed by atoms with van der Waals surface area (Å²) in [5, 5.41) is 6.89. The first-order chi connectivity index (χ1) is 18.8. The van der Waals surface area contributed by atoms with Gasteiger partial charge in [0.05, 0.1) is 18.0 Å². The minimum absolute atomic E-state index is 0.0565. The van der Waals surface area contributed by atoms with Crippen molar-refractivity contribution in [2.75, 3.05) is 6.26 Å². The van der Waals surface area contributed by atoms with Gasteiger partial charge in [-0.2, -0.15) is 0 Å². The van der Waals surface area contributed by atoms with E-state index in [4.69, 9.17) is 9.47 Å². The number of carbonyl (C=O) groups excluding carboxylic acids is 4. The number of sulfone groups is 1. The van der Waals surface area contributed by atoms with Crippen molar-refractivity contribution in [1.82, 2.24) is 15.6 Å². The van der Waals surface area contributed by atoms with Crippen molar-refractivity contribution >= 4 is 44.5 Å². The molecule has 11 nitrogen and oxygen atoms in total. The number of carbonyl (C=O) groups is 4. The second-order valence-electron chi connectivity index (χ2n) is 11.6. The minimum Gasteiger partial charge on any atom is -0.460 e. The molecule has 0 bridgehead atoms. The number of esters is 2. The van der Waals surface area contributed by atoms with Gasteiger partial charge in [0.1, 0.15) is 22.9 Å². The number of pyridine rings is 1. The Hall–Kier alpha value is -3.80. The maximum absolute atomic E-state index is 13.4. The van der Waals surface area contributed by atoms with E-state index in [-0.39, 0.29) is 25.0 Å². The highest BCUT2D eigenvalue weighted by molar-refractivity contribution is 7.93. The quantitative estimate of drug-likeness (QED) is 0.375. The van der Waals surface area contributed by atoms with Crippen LogP contribution in [0, 0.1) is 0 Å². The fraction of sp³-hybridized carbons (Fsp3) is 0.483. The third-order valence-corrected chi connectivity index (χ3v) is 5.85. The molecule has 1 aromatic carbocycles. The molecule has 41 heavy (non-hydrogen) atoms. The molecular formula is C29H39N3O8S. The molecule has 0 radical (unpaired) electrons. The van der Waals surface area contributed by atoms with E-state index in [1.807, 2.05) is 12.1 Å². The van der Waals surface area contributed by atoms with Gasteiger partial charge in [-0.15, -0.1) is 0 Å². The molecule has 0 aliphatic heterocycles. The smallest absolute Gasteiger partial charge is 0.308 e. The zero-order valence-corrected chi connectivity index (χ0v) is 25.3. The number of benzene rings is 1. The molecule has 2 N–H and O–H groups in total. The summed E-state index contributed by atoms with van der Waals surface area (Å²) in [7, 11) is -3.58. The van der Waals surface area contributed by atoms with Crippen LogP contribution in [0.3, 0.4) is 0 Å². The van der Waals surface area contributed by atoms with Crippen molar-refractivity contribution in [3.63, 3.8) is 0 Å². The molecule has 0 fully saturated rings. The van der Waals surface area contributed by atoms with Crippen LogP contribution in [0.15, 0.2) is 47.9 Å². The Kier molecular flexibility index (Phi) is 11.2. The topological polar surface area (TPSA) is 158 Å². The van der Waals surface area contributed by atoms with Crippen LogP contribution < -0.4 is 10.6 Å². The molecule has 0 saturated carbocycles. The first kappa shape index (κ1) is 33.4. The van der Waals surface area contributed by atoms with Crippen LogP contribution in [-0.2, 0) is 33.7 Å². The summed E-state index contributed by atoms with van der Waals surface area (Å²) in [4.78, 5) is 55.7. The lowest BCUT2D eigenvalue weighted by atomic mass is 10.1. The number of aromatic nitrogens is 1. The fourth-order valence-corrected chi connectivity index (χ4v) is 4.07. The Morgan fingerprint density at radius 2 is 1.51 bits per heavy atom. The van der Waals surface area contributed by atoms with Gasteiger partial charge in [-0.3, -0.25) is 19.2 Å². The Bertz CT molecular complexity index is 1410. The number of hydrogen-bond acceptors (Lipinski definition) is 9. The van der Waals surface area contributed by atoms with Crippen molar-refractivity contribution < 1.29 is 37.1 Å². The summed E-state index contributed by atoms with van der Waals surface area (Å²) >= 11 is 0. The average Bonchev–Trinajstić information content (AvgIpc) is 2.81. The molecule has 2 amide bonds. The summed E-state index contributed by atoms with van der Waals surface area (Å²) in [5.74, 6) is -2.64. The van der Waals surface area contributed by atoms with E-state index >= 15 is 0 Å². The third kappa shape index (κ3) is 12.9. The van der Waals surface area contributed by atoms with Gasteiger partial charge >= 0.3 is 11.9 Å². The molecule has 0 unspecified atom stereocenters. The van der Waals surface area contributed by atoms with Crippen LogP contribution >= 0.6 is 0 Å². The second kappa shape index (κ2) is 13.7. The van der Waals surface area contributed by atoms with Gasteiger partial charge in [-0.05, 0) is 60.1 Å². The van der Waals surface area contributed by atoms with Gasteiger partial charge < -0.3 is 20.1 Å². The minimum atomic E-state index is -3.58. The van der Waals surface area contributed by atoms with E-state index in [0.29, 0.717) is 5.52 Å². The Morgan fingerprint density at radius 1 is 0.902 bits per heavy atom. The van der Waals surface area contributed by atoms with E-state index in [1.165, 1.54) is 6.07 Å². The molecule has 2 atom stereocenters. The molecule has 1 heterocycles. The highest BCUT2D eigenvalue weighted by Gasteiger charge is 2.28. The summed E-state index contributed by atoms with van der Waals surface area (Å²) < 4.78 is 34.1. The summed E-state index contributed by atoms with van der Waals surface area (Å²) in [6.07, 6.45) is 1.44. The average molecular weight is 590 g/mol. The zero-order valence-electron chi connectivity index (χ0n) is 24.5. The van der Waals surface area contributed by atoms with Crippen molar-refractivity contribution in [3.05, 3.63) is 53.6 Å². The van der Waals surface area contributed by atoms with Crippen LogP contribution in [0.4, 0.5) is 0 Å². The highest BCUT2D eigenvalue weighted by Crippen LogP contribution is 2.14. The number of nitrogens with zero attached hydrogens (tertiary/aromatic N) is 1. The maximum Gasteiger partial charge on any atom is 0.308 e. The van der Waals surface area contributed by atoms with Gasteiger partial charge in [0.25, 0.3) is 5.91 Å². The molecular weight excluding hydrogens is 550 g/mol.